The number of hydrogen-bond donors (Lipinski definition) is 2. The number of nitrogens with zero attached hydrogens (tertiary/aromatic N) is 2. The van der Waals surface area contributed by atoms with Gasteiger partial charge in [0.1, 0.15) is 10.7 Å². The van der Waals surface area contributed by atoms with Crippen LogP contribution in [-0.4, -0.2) is 51.5 Å². The van der Waals surface area contributed by atoms with Crippen LogP contribution >= 0.6 is 11.6 Å². The Bertz CT molecular complexity index is 564. The number of anilines is 1. The summed E-state index contributed by atoms with van der Waals surface area (Å²) >= 11 is 5.95. The highest BCUT2D eigenvalue weighted by atomic mass is 35.5. The Kier molecular flexibility index (Phi) is 4.29. The highest BCUT2D eigenvalue weighted by molar-refractivity contribution is 7.89. The van der Waals surface area contributed by atoms with E-state index in [1.54, 1.807) is 7.05 Å². The molecule has 0 radical (unpaired) electrons. The first-order valence-electron chi connectivity index (χ1n) is 5.96. The van der Waals surface area contributed by atoms with E-state index in [0.717, 1.165) is 19.5 Å². The van der Waals surface area contributed by atoms with Gasteiger partial charge in [0, 0.05) is 25.8 Å². The lowest BCUT2D eigenvalue weighted by Crippen LogP contribution is -2.36. The number of hydrogen-bond acceptors (Lipinski definition) is 5. The van der Waals surface area contributed by atoms with Gasteiger partial charge in [-0.25, -0.2) is 18.1 Å². The zero-order valence-corrected chi connectivity index (χ0v) is 12.4. The molecule has 8 heteroatoms. The maximum atomic E-state index is 12.2. The van der Waals surface area contributed by atoms with Gasteiger partial charge in [-0.05, 0) is 26.1 Å². The van der Waals surface area contributed by atoms with Crippen molar-refractivity contribution in [3.05, 3.63) is 17.3 Å². The second-order valence-corrected chi connectivity index (χ2v) is 6.74. The first kappa shape index (κ1) is 14.5. The molecule has 1 fully saturated rings. The zero-order chi connectivity index (χ0) is 14.0. The van der Waals surface area contributed by atoms with Gasteiger partial charge in [0.05, 0.1) is 5.02 Å². The minimum absolute atomic E-state index is 0.0576. The lowest BCUT2D eigenvalue weighted by molar-refractivity contribution is 0.407. The molecule has 1 saturated heterocycles. The van der Waals surface area contributed by atoms with Crippen LogP contribution in [0.3, 0.4) is 0 Å². The third-order valence-electron chi connectivity index (χ3n) is 3.08. The topological polar surface area (TPSA) is 74.3 Å². The second kappa shape index (κ2) is 5.62. The molecule has 0 aromatic carbocycles. The molecule has 1 unspecified atom stereocenters. The number of likely N-dealkylation sites (tertiary alicyclic amines) is 1. The fourth-order valence-corrected chi connectivity index (χ4v) is 3.63. The van der Waals surface area contributed by atoms with E-state index in [1.807, 2.05) is 7.05 Å². The number of rotatable bonds is 4. The van der Waals surface area contributed by atoms with Gasteiger partial charge in [0.25, 0.3) is 0 Å². The van der Waals surface area contributed by atoms with Gasteiger partial charge in [0.15, 0.2) is 0 Å². The highest BCUT2D eigenvalue weighted by Crippen LogP contribution is 2.22. The van der Waals surface area contributed by atoms with Crippen LogP contribution in [0.4, 0.5) is 5.82 Å². The minimum Gasteiger partial charge on any atom is -0.372 e. The van der Waals surface area contributed by atoms with Crippen LogP contribution in [-0.2, 0) is 10.0 Å². The van der Waals surface area contributed by atoms with E-state index < -0.39 is 10.0 Å². The Hall–Kier alpha value is -0.890. The molecule has 1 aliphatic rings. The fourth-order valence-electron chi connectivity index (χ4n) is 2.07. The molecule has 1 aromatic heterocycles. The normalized spacial score (nSPS) is 20.7. The van der Waals surface area contributed by atoms with Crippen molar-refractivity contribution in [2.75, 3.05) is 32.5 Å². The van der Waals surface area contributed by atoms with E-state index in [0.29, 0.717) is 5.82 Å². The van der Waals surface area contributed by atoms with E-state index in [1.165, 1.54) is 12.3 Å². The molecule has 19 heavy (non-hydrogen) atoms. The van der Waals surface area contributed by atoms with Crippen LogP contribution in [0.15, 0.2) is 17.2 Å². The van der Waals surface area contributed by atoms with E-state index in [-0.39, 0.29) is 16.0 Å². The number of likely N-dealkylation sites (N-methyl/N-ethyl adjacent to an activating group) is 1. The SMILES string of the molecule is CNc1ncc(S(=O)(=O)NC2CCN(C)C2)cc1Cl. The molecule has 1 aromatic rings. The average Bonchev–Trinajstić information content (AvgIpc) is 2.73. The molecule has 0 amide bonds. The van der Waals surface area contributed by atoms with E-state index in [4.69, 9.17) is 11.6 Å². The van der Waals surface area contributed by atoms with Crippen LogP contribution in [0.1, 0.15) is 6.42 Å². The summed E-state index contributed by atoms with van der Waals surface area (Å²) in [7, 11) is 0.0763. The molecule has 106 valence electrons. The van der Waals surface area contributed by atoms with Gasteiger partial charge in [-0.1, -0.05) is 11.6 Å². The summed E-state index contributed by atoms with van der Waals surface area (Å²) in [4.78, 5) is 6.15. The summed E-state index contributed by atoms with van der Waals surface area (Å²) in [6, 6.07) is 1.35. The van der Waals surface area contributed by atoms with Crippen molar-refractivity contribution in [3.63, 3.8) is 0 Å². The van der Waals surface area contributed by atoms with Crippen molar-refractivity contribution in [2.45, 2.75) is 17.4 Å². The Balaban J connectivity index is 2.17. The minimum atomic E-state index is -3.57. The van der Waals surface area contributed by atoms with E-state index >= 15 is 0 Å². The van der Waals surface area contributed by atoms with Crippen molar-refractivity contribution in [3.8, 4) is 0 Å². The summed E-state index contributed by atoms with van der Waals surface area (Å²) in [6.07, 6.45) is 2.12. The van der Waals surface area contributed by atoms with Gasteiger partial charge in [-0.2, -0.15) is 0 Å². The predicted octanol–water partition coefficient (Wildman–Crippen LogP) is 0.759. The standard InChI is InChI=1S/C11H17ClN4O2S/c1-13-11-10(12)5-9(6-14-11)19(17,18)15-8-3-4-16(2)7-8/h5-6,8,15H,3-4,7H2,1-2H3,(H,13,14). The van der Waals surface area contributed by atoms with Crippen LogP contribution in [0.5, 0.6) is 0 Å². The highest BCUT2D eigenvalue weighted by Gasteiger charge is 2.26. The van der Waals surface area contributed by atoms with Crippen LogP contribution in [0, 0.1) is 0 Å². The maximum absolute atomic E-state index is 12.2. The quantitative estimate of drug-likeness (QED) is 0.859. The smallest absolute Gasteiger partial charge is 0.242 e. The molecule has 2 N–H and O–H groups in total. The molecule has 2 rings (SSSR count). The van der Waals surface area contributed by atoms with Gasteiger partial charge in [-0.15, -0.1) is 0 Å². The molecular weight excluding hydrogens is 288 g/mol. The monoisotopic (exact) mass is 304 g/mol. The van der Waals surface area contributed by atoms with Gasteiger partial charge in [0.2, 0.25) is 10.0 Å². The number of aromatic nitrogens is 1. The summed E-state index contributed by atoms with van der Waals surface area (Å²) in [5, 5.41) is 3.07. The number of halogens is 1. The largest absolute Gasteiger partial charge is 0.372 e. The van der Waals surface area contributed by atoms with Crippen molar-refractivity contribution in [1.29, 1.82) is 0 Å². The molecular formula is C11H17ClN4O2S. The summed E-state index contributed by atoms with van der Waals surface area (Å²) in [5.74, 6) is 0.459. The Labute approximate surface area is 118 Å². The molecule has 2 heterocycles. The lowest BCUT2D eigenvalue weighted by Gasteiger charge is -2.13. The van der Waals surface area contributed by atoms with Crippen LogP contribution in [0.25, 0.3) is 0 Å². The van der Waals surface area contributed by atoms with Crippen molar-refractivity contribution >= 4 is 27.4 Å². The summed E-state index contributed by atoms with van der Waals surface area (Å²) in [6.45, 7) is 1.61. The third-order valence-corrected chi connectivity index (χ3v) is 4.85. The van der Waals surface area contributed by atoms with Crippen LogP contribution < -0.4 is 10.0 Å². The maximum Gasteiger partial charge on any atom is 0.242 e. The average molecular weight is 305 g/mol. The molecule has 6 nitrogen and oxygen atoms in total. The Morgan fingerprint density at radius 2 is 2.26 bits per heavy atom. The van der Waals surface area contributed by atoms with Crippen molar-refractivity contribution in [2.24, 2.45) is 0 Å². The van der Waals surface area contributed by atoms with E-state index in [2.05, 4.69) is 19.9 Å². The number of nitrogens with one attached hydrogen (secondary N) is 2. The summed E-state index contributed by atoms with van der Waals surface area (Å²) in [5.41, 5.74) is 0. The summed E-state index contributed by atoms with van der Waals surface area (Å²) < 4.78 is 27.1. The van der Waals surface area contributed by atoms with Crippen molar-refractivity contribution in [1.82, 2.24) is 14.6 Å². The van der Waals surface area contributed by atoms with Gasteiger partial charge in [-0.3, -0.25) is 0 Å². The molecule has 1 atom stereocenters. The zero-order valence-electron chi connectivity index (χ0n) is 10.9. The Morgan fingerprint density at radius 3 is 2.79 bits per heavy atom. The molecule has 0 aliphatic carbocycles. The van der Waals surface area contributed by atoms with Crippen LogP contribution in [0.2, 0.25) is 5.02 Å². The fraction of sp³-hybridized carbons (Fsp3) is 0.545. The lowest BCUT2D eigenvalue weighted by atomic mass is 10.3. The van der Waals surface area contributed by atoms with Gasteiger partial charge < -0.3 is 10.2 Å². The third kappa shape index (κ3) is 3.36. The van der Waals surface area contributed by atoms with Gasteiger partial charge >= 0.3 is 0 Å². The molecule has 0 saturated carbocycles. The first-order valence-corrected chi connectivity index (χ1v) is 7.82. The Morgan fingerprint density at radius 1 is 1.53 bits per heavy atom. The first-order chi connectivity index (χ1) is 8.92. The second-order valence-electron chi connectivity index (χ2n) is 4.62. The molecule has 0 spiro atoms. The molecule has 0 bridgehead atoms. The van der Waals surface area contributed by atoms with E-state index in [9.17, 15) is 8.42 Å². The number of pyridine rings is 1. The number of sulfonamides is 1. The predicted molar refractivity (Wildman–Crippen MR) is 75.0 cm³/mol. The molecule has 1 aliphatic heterocycles. The van der Waals surface area contributed by atoms with Crippen molar-refractivity contribution < 1.29 is 8.42 Å².